The number of aromatic nitrogens is 5. The van der Waals surface area contributed by atoms with Gasteiger partial charge in [0.1, 0.15) is 18.2 Å². The second kappa shape index (κ2) is 9.90. The quantitative estimate of drug-likeness (QED) is 0.404. The zero-order valence-corrected chi connectivity index (χ0v) is 20.7. The predicted octanol–water partition coefficient (Wildman–Crippen LogP) is 4.81. The van der Waals surface area contributed by atoms with E-state index in [1.165, 1.54) is 0 Å². The first-order chi connectivity index (χ1) is 17.0. The Hall–Kier alpha value is -3.68. The average Bonchev–Trinajstić information content (AvgIpc) is 3.41. The second-order valence-corrected chi connectivity index (χ2v) is 9.86. The van der Waals surface area contributed by atoms with Crippen LogP contribution in [0.4, 0.5) is 11.6 Å². The first kappa shape index (κ1) is 23.1. The zero-order valence-electron chi connectivity index (χ0n) is 20.7. The number of aryl methyl sites for hydroxylation is 1. The van der Waals surface area contributed by atoms with E-state index in [9.17, 15) is 4.79 Å². The number of nitrogens with zero attached hydrogens (tertiary/aromatic N) is 5. The van der Waals surface area contributed by atoms with Crippen LogP contribution in [0.2, 0.25) is 0 Å². The number of para-hydroxylation sites is 2. The molecule has 3 aromatic heterocycles. The number of amides is 1. The monoisotopic (exact) mass is 471 g/mol. The van der Waals surface area contributed by atoms with Crippen molar-refractivity contribution in [2.45, 2.75) is 52.5 Å². The summed E-state index contributed by atoms with van der Waals surface area (Å²) in [5.74, 6) is 3.52. The number of nitrogens with one attached hydrogen (secondary N) is 2. The Morgan fingerprint density at radius 1 is 1.09 bits per heavy atom. The van der Waals surface area contributed by atoms with Crippen molar-refractivity contribution in [3.63, 3.8) is 0 Å². The van der Waals surface area contributed by atoms with Gasteiger partial charge in [-0.2, -0.15) is 5.10 Å². The van der Waals surface area contributed by atoms with Crippen molar-refractivity contribution in [2.24, 2.45) is 5.92 Å². The third-order valence-electron chi connectivity index (χ3n) is 6.62. The molecule has 1 fully saturated rings. The Labute approximate surface area is 205 Å². The molecular formula is C27H33N7O. The van der Waals surface area contributed by atoms with Gasteiger partial charge in [-0.25, -0.2) is 9.97 Å². The molecular weight excluding hydrogens is 438 g/mol. The number of H-pyrrole nitrogens is 1. The number of aromatic amines is 1. The highest BCUT2D eigenvalue weighted by molar-refractivity contribution is 5.81. The molecule has 0 bridgehead atoms. The van der Waals surface area contributed by atoms with E-state index in [-0.39, 0.29) is 5.91 Å². The molecule has 0 atom stereocenters. The third-order valence-corrected chi connectivity index (χ3v) is 6.62. The highest BCUT2D eigenvalue weighted by Crippen LogP contribution is 2.28. The number of carbonyl (C=O) groups is 1. The van der Waals surface area contributed by atoms with E-state index >= 15 is 0 Å². The highest BCUT2D eigenvalue weighted by atomic mass is 16.2. The number of piperidine rings is 1. The minimum absolute atomic E-state index is 0.161. The van der Waals surface area contributed by atoms with Gasteiger partial charge >= 0.3 is 0 Å². The minimum atomic E-state index is 0.161. The van der Waals surface area contributed by atoms with Crippen molar-refractivity contribution in [1.82, 2.24) is 29.6 Å². The molecule has 4 heterocycles. The Balaban J connectivity index is 1.23. The Morgan fingerprint density at radius 2 is 1.89 bits per heavy atom. The number of anilines is 2. The maximum absolute atomic E-state index is 13.3. The Morgan fingerprint density at radius 3 is 2.63 bits per heavy atom. The van der Waals surface area contributed by atoms with E-state index in [1.807, 2.05) is 48.2 Å². The van der Waals surface area contributed by atoms with E-state index in [1.54, 1.807) is 0 Å². The van der Waals surface area contributed by atoms with Crippen LogP contribution in [0.1, 0.15) is 49.8 Å². The van der Waals surface area contributed by atoms with Gasteiger partial charge in [-0.05, 0) is 49.9 Å². The van der Waals surface area contributed by atoms with Gasteiger partial charge in [0.2, 0.25) is 5.91 Å². The van der Waals surface area contributed by atoms with Crippen molar-refractivity contribution in [3.8, 4) is 0 Å². The number of benzene rings is 1. The molecule has 1 aliphatic rings. The second-order valence-electron chi connectivity index (χ2n) is 9.86. The van der Waals surface area contributed by atoms with Crippen LogP contribution in [0.3, 0.4) is 0 Å². The summed E-state index contributed by atoms with van der Waals surface area (Å²) in [6, 6.07) is 16.1. The normalized spacial score (nSPS) is 14.7. The molecule has 0 aliphatic carbocycles. The topological polar surface area (TPSA) is 91.7 Å². The molecule has 5 rings (SSSR count). The summed E-state index contributed by atoms with van der Waals surface area (Å²) in [6.07, 6.45) is 2.68. The summed E-state index contributed by atoms with van der Waals surface area (Å²) >= 11 is 0. The van der Waals surface area contributed by atoms with Gasteiger partial charge in [0.05, 0.1) is 11.0 Å². The summed E-state index contributed by atoms with van der Waals surface area (Å²) in [6.45, 7) is 8.17. The van der Waals surface area contributed by atoms with Gasteiger partial charge in [0.15, 0.2) is 5.82 Å². The van der Waals surface area contributed by atoms with Crippen molar-refractivity contribution in [1.29, 1.82) is 0 Å². The summed E-state index contributed by atoms with van der Waals surface area (Å²) in [5, 5.41) is 10.4. The predicted molar refractivity (Wildman–Crippen MR) is 138 cm³/mol. The van der Waals surface area contributed by atoms with E-state index in [4.69, 9.17) is 9.97 Å². The maximum Gasteiger partial charge on any atom is 0.242 e. The average molecular weight is 472 g/mol. The van der Waals surface area contributed by atoms with Crippen LogP contribution in [0, 0.1) is 12.8 Å². The smallest absolute Gasteiger partial charge is 0.242 e. The van der Waals surface area contributed by atoms with Crippen molar-refractivity contribution < 1.29 is 4.79 Å². The van der Waals surface area contributed by atoms with Crippen LogP contribution in [-0.2, 0) is 17.8 Å². The fourth-order valence-electron chi connectivity index (χ4n) is 4.84. The number of carbonyl (C=O) groups excluding carboxylic acids is 1. The number of imidazole rings is 1. The first-order valence-corrected chi connectivity index (χ1v) is 12.4. The van der Waals surface area contributed by atoms with Gasteiger partial charge in [-0.15, -0.1) is 0 Å². The fraction of sp³-hybridized carbons (Fsp3) is 0.407. The number of hydrogen-bond donors (Lipinski definition) is 2. The first-order valence-electron chi connectivity index (χ1n) is 12.4. The lowest BCUT2D eigenvalue weighted by molar-refractivity contribution is -0.132. The van der Waals surface area contributed by atoms with Gasteiger partial charge in [0, 0.05) is 42.9 Å². The number of pyridine rings is 1. The Kier molecular flexibility index (Phi) is 6.53. The molecule has 2 N–H and O–H groups in total. The number of hydrogen-bond acceptors (Lipinski definition) is 5. The summed E-state index contributed by atoms with van der Waals surface area (Å²) in [4.78, 5) is 24.9. The van der Waals surface area contributed by atoms with E-state index in [0.717, 1.165) is 72.2 Å². The SMILES string of the molecule is Cc1cc(Nc2cccc(C3CCN(C(=O)Cn4c(CC(C)C)nc5ccccc54)CC3)n2)n[nH]1. The lowest BCUT2D eigenvalue weighted by Gasteiger charge is -2.32. The van der Waals surface area contributed by atoms with Gasteiger partial charge < -0.3 is 14.8 Å². The summed E-state index contributed by atoms with van der Waals surface area (Å²) < 4.78 is 2.11. The molecule has 4 aromatic rings. The number of fused-ring (bicyclic) bond motifs is 1. The number of rotatable bonds is 7. The molecule has 0 radical (unpaired) electrons. The molecule has 0 saturated carbocycles. The fourth-order valence-corrected chi connectivity index (χ4v) is 4.84. The zero-order chi connectivity index (χ0) is 24.4. The van der Waals surface area contributed by atoms with Gasteiger partial charge in [-0.1, -0.05) is 32.0 Å². The molecule has 35 heavy (non-hydrogen) atoms. The maximum atomic E-state index is 13.3. The third kappa shape index (κ3) is 5.21. The molecule has 1 amide bonds. The minimum Gasteiger partial charge on any atom is -0.341 e. The molecule has 1 saturated heterocycles. The molecule has 182 valence electrons. The molecule has 0 spiro atoms. The molecule has 0 unspecified atom stereocenters. The van der Waals surface area contributed by atoms with E-state index in [0.29, 0.717) is 18.4 Å². The van der Waals surface area contributed by atoms with Crippen LogP contribution in [0.25, 0.3) is 11.0 Å². The van der Waals surface area contributed by atoms with Crippen LogP contribution in [0.5, 0.6) is 0 Å². The standard InChI is InChI=1S/C27H33N7O/c1-18(2)15-26-29-22-7-4-5-9-23(22)34(26)17-27(35)33-13-11-20(12-14-33)21-8-6-10-24(28-21)30-25-16-19(3)31-32-25/h4-10,16,18,20H,11-15,17H2,1-3H3,(H2,28,30,31,32). The van der Waals surface area contributed by atoms with Crippen LogP contribution >= 0.6 is 0 Å². The summed E-state index contributed by atoms with van der Waals surface area (Å²) in [5.41, 5.74) is 4.06. The van der Waals surface area contributed by atoms with Crippen molar-refractivity contribution in [2.75, 3.05) is 18.4 Å². The molecule has 8 nitrogen and oxygen atoms in total. The van der Waals surface area contributed by atoms with Crippen molar-refractivity contribution in [3.05, 3.63) is 65.7 Å². The molecule has 1 aromatic carbocycles. The molecule has 8 heteroatoms. The highest BCUT2D eigenvalue weighted by Gasteiger charge is 2.26. The van der Waals surface area contributed by atoms with Crippen LogP contribution < -0.4 is 5.32 Å². The number of likely N-dealkylation sites (tertiary alicyclic amines) is 1. The van der Waals surface area contributed by atoms with Gasteiger partial charge in [0.25, 0.3) is 0 Å². The molecule has 1 aliphatic heterocycles. The van der Waals surface area contributed by atoms with Gasteiger partial charge in [-0.3, -0.25) is 9.89 Å². The lowest BCUT2D eigenvalue weighted by atomic mass is 9.93. The van der Waals surface area contributed by atoms with E-state index in [2.05, 4.69) is 46.1 Å². The Bertz CT molecular complexity index is 1310. The summed E-state index contributed by atoms with van der Waals surface area (Å²) in [7, 11) is 0. The van der Waals surface area contributed by atoms with Crippen molar-refractivity contribution >= 4 is 28.6 Å². The van der Waals surface area contributed by atoms with E-state index < -0.39 is 0 Å². The van der Waals surface area contributed by atoms with Crippen LogP contribution in [0.15, 0.2) is 48.5 Å². The lowest BCUT2D eigenvalue weighted by Crippen LogP contribution is -2.40. The largest absolute Gasteiger partial charge is 0.341 e. The van der Waals surface area contributed by atoms with Crippen LogP contribution in [-0.4, -0.2) is 48.6 Å².